The number of nitrogens with two attached hydrogens (primary N) is 1. The third-order valence-electron chi connectivity index (χ3n) is 5.34. The third-order valence-corrected chi connectivity index (χ3v) is 5.34. The number of rotatable bonds is 2. The first-order valence-corrected chi connectivity index (χ1v) is 7.95. The van der Waals surface area contributed by atoms with Crippen molar-refractivity contribution in [3.63, 3.8) is 0 Å². The van der Waals surface area contributed by atoms with Crippen LogP contribution in [-0.4, -0.2) is 42.5 Å². The minimum atomic E-state index is 0.504. The molecule has 0 spiro atoms. The molecule has 1 aromatic carbocycles. The molecule has 3 unspecified atom stereocenters. The molecule has 2 fully saturated rings. The SMILES string of the molecule is CC(c1ccc(N)cc1)N1CCC2C(CCCN2C)C1. The van der Waals surface area contributed by atoms with Crippen molar-refractivity contribution in [2.24, 2.45) is 5.92 Å². The highest BCUT2D eigenvalue weighted by Crippen LogP contribution is 2.33. The molecule has 3 rings (SSSR count). The van der Waals surface area contributed by atoms with E-state index < -0.39 is 0 Å². The molecule has 20 heavy (non-hydrogen) atoms. The van der Waals surface area contributed by atoms with Gasteiger partial charge in [-0.2, -0.15) is 0 Å². The lowest BCUT2D eigenvalue weighted by molar-refractivity contribution is 0.0229. The Labute approximate surface area is 122 Å². The number of hydrogen-bond acceptors (Lipinski definition) is 3. The molecule has 0 aromatic heterocycles. The van der Waals surface area contributed by atoms with Gasteiger partial charge in [0.15, 0.2) is 0 Å². The predicted molar refractivity (Wildman–Crippen MR) is 84.6 cm³/mol. The van der Waals surface area contributed by atoms with E-state index in [0.29, 0.717) is 6.04 Å². The minimum Gasteiger partial charge on any atom is -0.399 e. The summed E-state index contributed by atoms with van der Waals surface area (Å²) in [4.78, 5) is 5.24. The Hall–Kier alpha value is -1.06. The first kappa shape index (κ1) is 13.9. The van der Waals surface area contributed by atoms with Gasteiger partial charge < -0.3 is 10.6 Å². The van der Waals surface area contributed by atoms with Crippen LogP contribution in [0.3, 0.4) is 0 Å². The van der Waals surface area contributed by atoms with Crippen molar-refractivity contribution in [3.05, 3.63) is 29.8 Å². The molecule has 0 aliphatic carbocycles. The van der Waals surface area contributed by atoms with E-state index in [4.69, 9.17) is 5.73 Å². The van der Waals surface area contributed by atoms with Crippen LogP contribution in [0.4, 0.5) is 5.69 Å². The normalized spacial score (nSPS) is 29.9. The Bertz CT molecular complexity index is 442. The van der Waals surface area contributed by atoms with E-state index >= 15 is 0 Å². The average Bonchev–Trinajstić information content (AvgIpc) is 2.47. The standard InChI is InChI=1S/C17H27N3/c1-13(14-5-7-16(18)8-6-14)20-11-9-17-15(12-20)4-3-10-19(17)2/h5-8,13,15,17H,3-4,9-12,18H2,1-2H3. The van der Waals surface area contributed by atoms with Crippen LogP contribution in [0.2, 0.25) is 0 Å². The number of hydrogen-bond donors (Lipinski definition) is 1. The van der Waals surface area contributed by atoms with Gasteiger partial charge in [-0.1, -0.05) is 12.1 Å². The molecule has 0 amide bonds. The van der Waals surface area contributed by atoms with E-state index in [9.17, 15) is 0 Å². The van der Waals surface area contributed by atoms with Crippen LogP contribution in [0.1, 0.15) is 37.8 Å². The highest BCUT2D eigenvalue weighted by Gasteiger charge is 2.35. The summed E-state index contributed by atoms with van der Waals surface area (Å²) in [5.74, 6) is 0.860. The molecule has 3 heteroatoms. The summed E-state index contributed by atoms with van der Waals surface area (Å²) in [5, 5.41) is 0. The van der Waals surface area contributed by atoms with Crippen molar-refractivity contribution in [2.75, 3.05) is 32.4 Å². The van der Waals surface area contributed by atoms with E-state index in [1.54, 1.807) is 0 Å². The highest BCUT2D eigenvalue weighted by molar-refractivity contribution is 5.40. The monoisotopic (exact) mass is 273 g/mol. The van der Waals surface area contributed by atoms with E-state index in [-0.39, 0.29) is 0 Å². The summed E-state index contributed by atoms with van der Waals surface area (Å²) in [7, 11) is 2.30. The van der Waals surface area contributed by atoms with Crippen molar-refractivity contribution >= 4 is 5.69 Å². The average molecular weight is 273 g/mol. The Morgan fingerprint density at radius 1 is 1.15 bits per heavy atom. The number of likely N-dealkylation sites (tertiary alicyclic amines) is 2. The Kier molecular flexibility index (Phi) is 3.99. The van der Waals surface area contributed by atoms with Crippen molar-refractivity contribution in [2.45, 2.75) is 38.3 Å². The fourth-order valence-corrected chi connectivity index (χ4v) is 4.02. The lowest BCUT2D eigenvalue weighted by Crippen LogP contribution is -2.53. The maximum atomic E-state index is 5.79. The minimum absolute atomic E-state index is 0.504. The second-order valence-electron chi connectivity index (χ2n) is 6.58. The molecule has 2 N–H and O–H groups in total. The quantitative estimate of drug-likeness (QED) is 0.841. The summed E-state index contributed by atoms with van der Waals surface area (Å²) in [6.45, 7) is 6.09. The zero-order chi connectivity index (χ0) is 14.1. The number of fused-ring (bicyclic) bond motifs is 1. The number of anilines is 1. The summed E-state index contributed by atoms with van der Waals surface area (Å²) in [5.41, 5.74) is 8.03. The summed E-state index contributed by atoms with van der Waals surface area (Å²) in [6.07, 6.45) is 4.09. The fraction of sp³-hybridized carbons (Fsp3) is 0.647. The first-order chi connectivity index (χ1) is 9.65. The molecule has 2 aliphatic rings. The van der Waals surface area contributed by atoms with Gasteiger partial charge in [-0.25, -0.2) is 0 Å². The van der Waals surface area contributed by atoms with Crippen molar-refractivity contribution < 1.29 is 0 Å². The molecule has 3 nitrogen and oxygen atoms in total. The van der Waals surface area contributed by atoms with E-state index in [2.05, 4.69) is 35.9 Å². The van der Waals surface area contributed by atoms with Crippen LogP contribution in [0.5, 0.6) is 0 Å². The van der Waals surface area contributed by atoms with Crippen LogP contribution < -0.4 is 5.73 Å². The lowest BCUT2D eigenvalue weighted by atomic mass is 9.83. The van der Waals surface area contributed by atoms with Gasteiger partial charge in [0.2, 0.25) is 0 Å². The van der Waals surface area contributed by atoms with Gasteiger partial charge in [-0.15, -0.1) is 0 Å². The second-order valence-corrected chi connectivity index (χ2v) is 6.58. The summed E-state index contributed by atoms with van der Waals surface area (Å²) in [6, 6.07) is 9.72. The maximum absolute atomic E-state index is 5.79. The topological polar surface area (TPSA) is 32.5 Å². The van der Waals surface area contributed by atoms with Crippen molar-refractivity contribution in [1.29, 1.82) is 0 Å². The van der Waals surface area contributed by atoms with Crippen molar-refractivity contribution in [3.8, 4) is 0 Å². The molecule has 110 valence electrons. The Morgan fingerprint density at radius 3 is 2.65 bits per heavy atom. The third kappa shape index (κ3) is 2.70. The van der Waals surface area contributed by atoms with Gasteiger partial charge in [-0.3, -0.25) is 4.90 Å². The van der Waals surface area contributed by atoms with Gasteiger partial charge in [-0.05, 0) is 63.4 Å². The van der Waals surface area contributed by atoms with Crippen LogP contribution in [-0.2, 0) is 0 Å². The molecule has 2 aliphatic heterocycles. The van der Waals surface area contributed by atoms with E-state index in [0.717, 1.165) is 17.6 Å². The molecule has 0 radical (unpaired) electrons. The van der Waals surface area contributed by atoms with E-state index in [1.807, 2.05) is 12.1 Å². The molecule has 2 saturated heterocycles. The molecular weight excluding hydrogens is 246 g/mol. The fourth-order valence-electron chi connectivity index (χ4n) is 4.02. The van der Waals surface area contributed by atoms with Crippen LogP contribution in [0, 0.1) is 5.92 Å². The van der Waals surface area contributed by atoms with Crippen molar-refractivity contribution in [1.82, 2.24) is 9.80 Å². The van der Waals surface area contributed by atoms with Gasteiger partial charge in [0.1, 0.15) is 0 Å². The largest absolute Gasteiger partial charge is 0.399 e. The summed E-state index contributed by atoms with van der Waals surface area (Å²) < 4.78 is 0. The number of benzene rings is 1. The first-order valence-electron chi connectivity index (χ1n) is 7.95. The summed E-state index contributed by atoms with van der Waals surface area (Å²) >= 11 is 0. The highest BCUT2D eigenvalue weighted by atomic mass is 15.2. The Morgan fingerprint density at radius 2 is 1.90 bits per heavy atom. The molecule has 3 atom stereocenters. The molecule has 0 bridgehead atoms. The number of nitrogens with zero attached hydrogens (tertiary/aromatic N) is 2. The zero-order valence-corrected chi connectivity index (χ0v) is 12.8. The van der Waals surface area contributed by atoms with Gasteiger partial charge in [0, 0.05) is 30.9 Å². The molecule has 2 heterocycles. The van der Waals surface area contributed by atoms with Crippen LogP contribution in [0.15, 0.2) is 24.3 Å². The van der Waals surface area contributed by atoms with Crippen LogP contribution >= 0.6 is 0 Å². The van der Waals surface area contributed by atoms with Gasteiger partial charge in [0.25, 0.3) is 0 Å². The lowest BCUT2D eigenvalue weighted by Gasteiger charge is -2.47. The van der Waals surface area contributed by atoms with Crippen LogP contribution in [0.25, 0.3) is 0 Å². The Balaban J connectivity index is 1.68. The van der Waals surface area contributed by atoms with Gasteiger partial charge >= 0.3 is 0 Å². The van der Waals surface area contributed by atoms with Gasteiger partial charge in [0.05, 0.1) is 0 Å². The number of piperidine rings is 2. The molecular formula is C17H27N3. The maximum Gasteiger partial charge on any atom is 0.0320 e. The zero-order valence-electron chi connectivity index (χ0n) is 12.8. The second kappa shape index (κ2) is 5.74. The smallest absolute Gasteiger partial charge is 0.0320 e. The molecule has 0 saturated carbocycles. The predicted octanol–water partition coefficient (Wildman–Crippen LogP) is 2.75. The number of nitrogen functional groups attached to an aromatic ring is 1. The van der Waals surface area contributed by atoms with E-state index in [1.165, 1.54) is 44.5 Å². The molecule has 1 aromatic rings.